The first-order valence-electron chi connectivity index (χ1n) is 8.67. The van der Waals surface area contributed by atoms with E-state index in [1.807, 2.05) is 0 Å². The van der Waals surface area contributed by atoms with Crippen LogP contribution < -0.4 is 5.19 Å². The van der Waals surface area contributed by atoms with Gasteiger partial charge in [0.2, 0.25) is 0 Å². The van der Waals surface area contributed by atoms with Crippen LogP contribution in [0.4, 0.5) is 0 Å². The molecule has 0 unspecified atom stereocenters. The average Bonchev–Trinajstić information content (AvgIpc) is 2.49. The van der Waals surface area contributed by atoms with Crippen molar-refractivity contribution in [3.05, 3.63) is 36.4 Å². The fourth-order valence-corrected chi connectivity index (χ4v) is 6.26. The summed E-state index contributed by atoms with van der Waals surface area (Å²) in [5.41, 5.74) is 2.44. The zero-order valence-electron chi connectivity index (χ0n) is 15.4. The zero-order chi connectivity index (χ0) is 16.8. The summed E-state index contributed by atoms with van der Waals surface area (Å²) >= 11 is 0. The third-order valence-corrected chi connectivity index (χ3v) is 7.26. The van der Waals surface area contributed by atoms with Crippen molar-refractivity contribution in [3.8, 4) is 0 Å². The molecule has 0 aliphatic heterocycles. The Morgan fingerprint density at radius 3 is 1.95 bits per heavy atom. The Hall–Kier alpha value is -0.903. The lowest BCUT2D eigenvalue weighted by atomic mass is 10.1. The lowest BCUT2D eigenvalue weighted by Gasteiger charge is -2.48. The summed E-state index contributed by atoms with van der Waals surface area (Å²) in [6, 6.07) is 9.04. The van der Waals surface area contributed by atoms with Gasteiger partial charge in [-0.15, -0.1) is 0 Å². The molecule has 0 aromatic heterocycles. The molecule has 0 bridgehead atoms. The number of benzene rings is 1. The number of allylic oxidation sites excluding steroid dienone is 1. The molecule has 1 aromatic rings. The fourth-order valence-electron chi connectivity index (χ4n) is 3.57. The van der Waals surface area contributed by atoms with E-state index in [4.69, 9.17) is 0 Å². The van der Waals surface area contributed by atoms with E-state index in [2.05, 4.69) is 82.2 Å². The first-order valence-corrected chi connectivity index (χ1v) is 10.1. The Labute approximate surface area is 140 Å². The van der Waals surface area contributed by atoms with Crippen molar-refractivity contribution < 1.29 is 0 Å². The number of rotatable bonds is 9. The molecule has 0 amide bonds. The largest absolute Gasteiger partial charge is 0.289 e. The van der Waals surface area contributed by atoms with E-state index in [1.54, 1.807) is 0 Å². The maximum Gasteiger partial charge on any atom is 0.0959 e. The highest BCUT2D eigenvalue weighted by molar-refractivity contribution is 6.56. The third kappa shape index (κ3) is 4.31. The second-order valence-corrected chi connectivity index (χ2v) is 8.73. The summed E-state index contributed by atoms with van der Waals surface area (Å²) in [7, 11) is -0.475. The molecule has 0 aliphatic carbocycles. The second kappa shape index (κ2) is 8.66. The highest BCUT2D eigenvalue weighted by Gasteiger charge is 2.35. The van der Waals surface area contributed by atoms with Gasteiger partial charge in [0.1, 0.15) is 0 Å². The number of hydrogen-bond donors (Lipinski definition) is 0. The summed E-state index contributed by atoms with van der Waals surface area (Å²) in [4.78, 5) is 5.28. The molecular weight excluding hydrogens is 284 g/mol. The van der Waals surface area contributed by atoms with Crippen molar-refractivity contribution in [2.75, 3.05) is 26.2 Å². The van der Waals surface area contributed by atoms with Crippen LogP contribution in [-0.2, 0) is 0 Å². The summed E-state index contributed by atoms with van der Waals surface area (Å²) in [6.07, 6.45) is 0. The van der Waals surface area contributed by atoms with Crippen molar-refractivity contribution in [1.82, 2.24) is 9.80 Å². The number of nitrogens with zero attached hydrogens (tertiary/aromatic N) is 2. The predicted octanol–water partition coefficient (Wildman–Crippen LogP) is 2.87. The Kier molecular flexibility index (Phi) is 7.53. The van der Waals surface area contributed by atoms with Gasteiger partial charge in [0, 0.05) is 0 Å². The van der Waals surface area contributed by atoms with E-state index in [1.165, 1.54) is 10.8 Å². The van der Waals surface area contributed by atoms with E-state index in [-0.39, 0.29) is 5.29 Å². The highest BCUT2D eigenvalue weighted by atomic mass is 28.2. The molecule has 0 N–H and O–H groups in total. The van der Waals surface area contributed by atoms with Gasteiger partial charge < -0.3 is 0 Å². The van der Waals surface area contributed by atoms with Crippen LogP contribution in [0.3, 0.4) is 0 Å². The topological polar surface area (TPSA) is 6.48 Å². The van der Waals surface area contributed by atoms with Gasteiger partial charge in [-0.25, -0.2) is 0 Å². The van der Waals surface area contributed by atoms with Gasteiger partial charge in [0.25, 0.3) is 0 Å². The SMILES string of the molecule is C=C(C)c1cccc([SiH2]C(C)(N(CC)CC)N(CC)CC)c1. The summed E-state index contributed by atoms with van der Waals surface area (Å²) < 4.78 is 0. The Bertz CT molecular complexity index is 464. The van der Waals surface area contributed by atoms with Crippen LogP contribution in [-0.4, -0.2) is 50.8 Å². The molecule has 0 spiro atoms. The highest BCUT2D eigenvalue weighted by Crippen LogP contribution is 2.19. The zero-order valence-corrected chi connectivity index (χ0v) is 16.9. The maximum absolute atomic E-state index is 4.09. The van der Waals surface area contributed by atoms with Crippen LogP contribution in [0.2, 0.25) is 0 Å². The third-order valence-electron chi connectivity index (χ3n) is 4.85. The summed E-state index contributed by atoms with van der Waals surface area (Å²) in [5, 5.41) is 1.72. The average molecular weight is 319 g/mol. The monoisotopic (exact) mass is 318 g/mol. The molecular formula is C19H34N2Si. The van der Waals surface area contributed by atoms with Crippen LogP contribution in [0.5, 0.6) is 0 Å². The van der Waals surface area contributed by atoms with E-state index < -0.39 is 9.52 Å². The Morgan fingerprint density at radius 1 is 1.05 bits per heavy atom. The van der Waals surface area contributed by atoms with Gasteiger partial charge in [-0.3, -0.25) is 9.80 Å². The van der Waals surface area contributed by atoms with Crippen LogP contribution in [0, 0.1) is 0 Å². The van der Waals surface area contributed by atoms with E-state index in [0.29, 0.717) is 0 Å². The van der Waals surface area contributed by atoms with Crippen molar-refractivity contribution in [2.24, 2.45) is 0 Å². The van der Waals surface area contributed by atoms with E-state index in [9.17, 15) is 0 Å². The predicted molar refractivity (Wildman–Crippen MR) is 104 cm³/mol. The Morgan fingerprint density at radius 2 is 1.55 bits per heavy atom. The Balaban J connectivity index is 3.17. The maximum atomic E-state index is 4.09. The molecule has 22 heavy (non-hydrogen) atoms. The lowest BCUT2D eigenvalue weighted by molar-refractivity contribution is 0.0313. The van der Waals surface area contributed by atoms with Crippen LogP contribution in [0.15, 0.2) is 30.8 Å². The summed E-state index contributed by atoms with van der Waals surface area (Å²) in [5.74, 6) is 0. The molecule has 0 saturated heterocycles. The molecule has 124 valence electrons. The lowest BCUT2D eigenvalue weighted by Crippen LogP contribution is -2.64. The van der Waals surface area contributed by atoms with Crippen molar-refractivity contribution >= 4 is 20.3 Å². The van der Waals surface area contributed by atoms with E-state index in [0.717, 1.165) is 31.8 Å². The molecule has 3 heteroatoms. The normalized spacial score (nSPS) is 12.7. The van der Waals surface area contributed by atoms with Gasteiger partial charge in [-0.1, -0.05) is 69.3 Å². The van der Waals surface area contributed by atoms with Crippen molar-refractivity contribution in [2.45, 2.75) is 46.8 Å². The minimum Gasteiger partial charge on any atom is -0.289 e. The second-order valence-electron chi connectivity index (χ2n) is 6.22. The minimum atomic E-state index is -0.475. The summed E-state index contributed by atoms with van der Waals surface area (Å²) in [6.45, 7) is 22.2. The van der Waals surface area contributed by atoms with Crippen LogP contribution in [0.25, 0.3) is 5.57 Å². The number of hydrogen-bond acceptors (Lipinski definition) is 2. The first-order chi connectivity index (χ1) is 10.4. The van der Waals surface area contributed by atoms with Crippen LogP contribution in [0.1, 0.15) is 47.1 Å². The molecule has 0 fully saturated rings. The molecule has 1 rings (SSSR count). The van der Waals surface area contributed by atoms with E-state index >= 15 is 0 Å². The van der Waals surface area contributed by atoms with Crippen molar-refractivity contribution in [1.29, 1.82) is 0 Å². The van der Waals surface area contributed by atoms with Gasteiger partial charge in [-0.2, -0.15) is 0 Å². The quantitative estimate of drug-likeness (QED) is 0.510. The molecule has 2 nitrogen and oxygen atoms in total. The standard InChI is InChI=1S/C19H34N2Si/c1-8-20(9-2)19(7,21(10-3)11-4)22-18-14-12-13-17(15-18)16(5)6/h12-15H,5,8-11,22H2,1-4,6-7H3. The molecule has 0 heterocycles. The van der Waals surface area contributed by atoms with Gasteiger partial charge in [0.15, 0.2) is 0 Å². The fraction of sp³-hybridized carbons (Fsp3) is 0.579. The van der Waals surface area contributed by atoms with Gasteiger partial charge >= 0.3 is 0 Å². The van der Waals surface area contributed by atoms with Crippen molar-refractivity contribution in [3.63, 3.8) is 0 Å². The molecule has 0 atom stereocenters. The molecule has 1 aromatic carbocycles. The van der Waals surface area contributed by atoms with Gasteiger partial charge in [-0.05, 0) is 45.6 Å². The molecule has 0 radical (unpaired) electrons. The minimum absolute atomic E-state index is 0.195. The first kappa shape index (κ1) is 19.1. The van der Waals surface area contributed by atoms with Gasteiger partial charge in [0.05, 0.1) is 14.8 Å². The smallest absolute Gasteiger partial charge is 0.0959 e. The molecule has 0 aliphatic rings. The molecule has 0 saturated carbocycles. The van der Waals surface area contributed by atoms with Crippen LogP contribution >= 0.6 is 0 Å².